The lowest BCUT2D eigenvalue weighted by atomic mass is 9.92. The van der Waals surface area contributed by atoms with E-state index in [9.17, 15) is 4.79 Å². The normalized spacial score (nSPS) is 12.2. The summed E-state index contributed by atoms with van der Waals surface area (Å²) in [5, 5.41) is 2.17. The fraction of sp³-hybridized carbons (Fsp3) is 0. The highest BCUT2D eigenvalue weighted by atomic mass is 16.1. The van der Waals surface area contributed by atoms with Gasteiger partial charge in [0.05, 0.1) is 0 Å². The molecular formula is C23H14O. The highest BCUT2D eigenvalue weighted by Gasteiger charge is 2.29. The molecule has 5 rings (SSSR count). The van der Waals surface area contributed by atoms with Crippen LogP contribution in [0.2, 0.25) is 0 Å². The zero-order valence-corrected chi connectivity index (χ0v) is 13.0. The number of ketones is 1. The number of rotatable bonds is 1. The third-order valence-corrected chi connectivity index (χ3v) is 4.82. The standard InChI is InChI=1S/C23H14O/c24-23-20-11-5-4-10-18(20)19-14-13-16-9-6-12-17(21(16)22(19)23)15-7-2-1-3-8-15/h1-14H. The highest BCUT2D eigenvalue weighted by Crippen LogP contribution is 2.43. The first-order valence-corrected chi connectivity index (χ1v) is 8.10. The van der Waals surface area contributed by atoms with Gasteiger partial charge in [-0.05, 0) is 27.6 Å². The highest BCUT2D eigenvalue weighted by molar-refractivity contribution is 6.29. The molecule has 0 heterocycles. The van der Waals surface area contributed by atoms with Crippen molar-refractivity contribution in [3.05, 3.63) is 96.1 Å². The van der Waals surface area contributed by atoms with Crippen LogP contribution in [0, 0.1) is 0 Å². The van der Waals surface area contributed by atoms with Crippen molar-refractivity contribution in [2.75, 3.05) is 0 Å². The Bertz CT molecular complexity index is 1110. The summed E-state index contributed by atoms with van der Waals surface area (Å²) in [4.78, 5) is 13.1. The maximum absolute atomic E-state index is 13.1. The average molecular weight is 306 g/mol. The van der Waals surface area contributed by atoms with Gasteiger partial charge in [-0.1, -0.05) is 84.9 Å². The van der Waals surface area contributed by atoms with Crippen LogP contribution in [0.1, 0.15) is 15.9 Å². The molecule has 4 aromatic rings. The van der Waals surface area contributed by atoms with Gasteiger partial charge in [-0.15, -0.1) is 0 Å². The molecule has 0 bridgehead atoms. The van der Waals surface area contributed by atoms with Crippen LogP contribution in [0.3, 0.4) is 0 Å². The van der Waals surface area contributed by atoms with E-state index in [4.69, 9.17) is 0 Å². The summed E-state index contributed by atoms with van der Waals surface area (Å²) in [6, 6.07) is 28.6. The Morgan fingerprint density at radius 2 is 1.21 bits per heavy atom. The molecule has 0 saturated carbocycles. The first-order chi connectivity index (χ1) is 11.8. The fourth-order valence-corrected chi connectivity index (χ4v) is 3.75. The predicted molar refractivity (Wildman–Crippen MR) is 98.3 cm³/mol. The second-order valence-electron chi connectivity index (χ2n) is 6.13. The van der Waals surface area contributed by atoms with Crippen molar-refractivity contribution in [2.45, 2.75) is 0 Å². The van der Waals surface area contributed by atoms with Gasteiger partial charge in [-0.3, -0.25) is 4.79 Å². The molecule has 0 N–H and O–H groups in total. The van der Waals surface area contributed by atoms with E-state index in [0.717, 1.165) is 44.2 Å². The largest absolute Gasteiger partial charge is 0.289 e. The van der Waals surface area contributed by atoms with Crippen LogP contribution >= 0.6 is 0 Å². The summed E-state index contributed by atoms with van der Waals surface area (Å²) in [7, 11) is 0. The van der Waals surface area contributed by atoms with Crippen molar-refractivity contribution in [1.29, 1.82) is 0 Å². The molecule has 4 aromatic carbocycles. The van der Waals surface area contributed by atoms with Crippen molar-refractivity contribution < 1.29 is 4.79 Å². The lowest BCUT2D eigenvalue weighted by Gasteiger charge is -2.11. The van der Waals surface area contributed by atoms with Crippen LogP contribution in [0.25, 0.3) is 33.0 Å². The van der Waals surface area contributed by atoms with E-state index in [-0.39, 0.29) is 5.78 Å². The number of carbonyl (C=O) groups excluding carboxylic acids is 1. The van der Waals surface area contributed by atoms with Gasteiger partial charge >= 0.3 is 0 Å². The van der Waals surface area contributed by atoms with Gasteiger partial charge in [0.15, 0.2) is 5.78 Å². The second kappa shape index (κ2) is 4.90. The topological polar surface area (TPSA) is 17.1 Å². The van der Waals surface area contributed by atoms with E-state index in [1.165, 1.54) is 0 Å². The molecule has 0 aromatic heterocycles. The van der Waals surface area contributed by atoms with Crippen molar-refractivity contribution in [2.24, 2.45) is 0 Å². The molecule has 1 aliphatic carbocycles. The molecule has 0 fully saturated rings. The minimum atomic E-state index is 0.134. The molecule has 112 valence electrons. The Hall–Kier alpha value is -3.19. The SMILES string of the molecule is O=C1c2ccccc2-c2ccc3cccc(-c4ccccc4)c3c21. The van der Waals surface area contributed by atoms with Gasteiger partial charge in [-0.2, -0.15) is 0 Å². The predicted octanol–water partition coefficient (Wildman–Crippen LogP) is 5.72. The van der Waals surface area contributed by atoms with Crippen molar-refractivity contribution >= 4 is 16.6 Å². The van der Waals surface area contributed by atoms with Crippen molar-refractivity contribution in [3.63, 3.8) is 0 Å². The molecule has 0 spiro atoms. The Morgan fingerprint density at radius 1 is 0.500 bits per heavy atom. The Labute approximate surface area is 140 Å². The first kappa shape index (κ1) is 13.3. The van der Waals surface area contributed by atoms with Crippen LogP contribution < -0.4 is 0 Å². The fourth-order valence-electron chi connectivity index (χ4n) is 3.75. The molecule has 24 heavy (non-hydrogen) atoms. The van der Waals surface area contributed by atoms with Gasteiger partial charge in [-0.25, -0.2) is 0 Å². The van der Waals surface area contributed by atoms with Gasteiger partial charge in [0.2, 0.25) is 0 Å². The zero-order chi connectivity index (χ0) is 16.1. The van der Waals surface area contributed by atoms with Gasteiger partial charge < -0.3 is 0 Å². The van der Waals surface area contributed by atoms with E-state index >= 15 is 0 Å². The molecule has 0 amide bonds. The van der Waals surface area contributed by atoms with E-state index in [2.05, 4.69) is 42.5 Å². The smallest absolute Gasteiger partial charge is 0.194 e. The van der Waals surface area contributed by atoms with Gasteiger partial charge in [0.25, 0.3) is 0 Å². The lowest BCUT2D eigenvalue weighted by Crippen LogP contribution is -1.97. The van der Waals surface area contributed by atoms with Crippen LogP contribution in [-0.4, -0.2) is 5.78 Å². The molecular weight excluding hydrogens is 292 g/mol. The number of hydrogen-bond donors (Lipinski definition) is 0. The molecule has 1 aliphatic rings. The lowest BCUT2D eigenvalue weighted by molar-refractivity contribution is 0.104. The summed E-state index contributed by atoms with van der Waals surface area (Å²) in [6.07, 6.45) is 0. The second-order valence-corrected chi connectivity index (χ2v) is 6.13. The Balaban J connectivity index is 1.92. The summed E-state index contributed by atoms with van der Waals surface area (Å²) < 4.78 is 0. The molecule has 0 aliphatic heterocycles. The minimum Gasteiger partial charge on any atom is -0.289 e. The summed E-state index contributed by atoms with van der Waals surface area (Å²) in [5.41, 5.74) is 6.00. The summed E-state index contributed by atoms with van der Waals surface area (Å²) in [6.45, 7) is 0. The maximum atomic E-state index is 13.1. The van der Waals surface area contributed by atoms with Crippen LogP contribution in [0.5, 0.6) is 0 Å². The molecule has 0 saturated heterocycles. The molecule has 1 heteroatoms. The van der Waals surface area contributed by atoms with Gasteiger partial charge in [0.1, 0.15) is 0 Å². The maximum Gasteiger partial charge on any atom is 0.194 e. The Morgan fingerprint density at radius 3 is 2.04 bits per heavy atom. The quantitative estimate of drug-likeness (QED) is 0.387. The first-order valence-electron chi connectivity index (χ1n) is 8.10. The third kappa shape index (κ3) is 1.73. The molecule has 1 nitrogen and oxygen atoms in total. The Kier molecular flexibility index (Phi) is 2.71. The van der Waals surface area contributed by atoms with E-state index in [0.29, 0.717) is 0 Å². The summed E-state index contributed by atoms with van der Waals surface area (Å²) in [5.74, 6) is 0.134. The number of carbonyl (C=O) groups is 1. The summed E-state index contributed by atoms with van der Waals surface area (Å²) >= 11 is 0. The third-order valence-electron chi connectivity index (χ3n) is 4.82. The number of hydrogen-bond acceptors (Lipinski definition) is 1. The van der Waals surface area contributed by atoms with Crippen LogP contribution in [0.4, 0.5) is 0 Å². The van der Waals surface area contributed by atoms with E-state index < -0.39 is 0 Å². The molecule has 0 unspecified atom stereocenters. The molecule has 0 radical (unpaired) electrons. The van der Waals surface area contributed by atoms with Crippen molar-refractivity contribution in [3.8, 4) is 22.3 Å². The molecule has 0 atom stereocenters. The monoisotopic (exact) mass is 306 g/mol. The van der Waals surface area contributed by atoms with E-state index in [1.807, 2.05) is 42.5 Å². The van der Waals surface area contributed by atoms with Crippen LogP contribution in [-0.2, 0) is 0 Å². The minimum absolute atomic E-state index is 0.134. The number of benzene rings is 4. The van der Waals surface area contributed by atoms with Gasteiger partial charge in [0, 0.05) is 16.5 Å². The van der Waals surface area contributed by atoms with Crippen LogP contribution in [0.15, 0.2) is 84.9 Å². The van der Waals surface area contributed by atoms with Crippen molar-refractivity contribution in [1.82, 2.24) is 0 Å². The zero-order valence-electron chi connectivity index (χ0n) is 13.0. The number of fused-ring (bicyclic) bond motifs is 5. The average Bonchev–Trinajstić information content (AvgIpc) is 2.95. The van der Waals surface area contributed by atoms with E-state index in [1.54, 1.807) is 0 Å².